The van der Waals surface area contributed by atoms with Gasteiger partial charge in [-0.05, 0) is 57.2 Å². The van der Waals surface area contributed by atoms with Crippen molar-refractivity contribution in [3.63, 3.8) is 0 Å². The Balaban J connectivity index is 1.50. The van der Waals surface area contributed by atoms with Crippen molar-refractivity contribution in [1.82, 2.24) is 20.0 Å². The molecule has 0 saturated carbocycles. The summed E-state index contributed by atoms with van der Waals surface area (Å²) < 4.78 is 12.6. The third kappa shape index (κ3) is 4.32. The lowest BCUT2D eigenvalue weighted by Gasteiger charge is -2.05. The van der Waals surface area contributed by atoms with Gasteiger partial charge in [-0.2, -0.15) is 0 Å². The van der Waals surface area contributed by atoms with Gasteiger partial charge >= 0.3 is 0 Å². The molecule has 0 radical (unpaired) electrons. The zero-order chi connectivity index (χ0) is 22.0. The van der Waals surface area contributed by atoms with Gasteiger partial charge in [-0.3, -0.25) is 4.79 Å². The van der Waals surface area contributed by atoms with Gasteiger partial charge in [-0.25, -0.2) is 9.67 Å². The molecule has 0 aliphatic rings. The van der Waals surface area contributed by atoms with Crippen LogP contribution in [0.2, 0.25) is 0 Å². The second-order valence-electron chi connectivity index (χ2n) is 7.25. The monoisotopic (exact) mass is 417 g/mol. The van der Waals surface area contributed by atoms with E-state index in [2.05, 4.69) is 20.6 Å². The normalized spacial score (nSPS) is 10.8. The molecule has 0 spiro atoms. The molecular formula is C23H23N5O3. The van der Waals surface area contributed by atoms with Gasteiger partial charge < -0.3 is 14.5 Å². The fourth-order valence-electron chi connectivity index (χ4n) is 3.12. The number of nitrogens with zero attached hydrogens (tertiary/aromatic N) is 4. The van der Waals surface area contributed by atoms with Crippen LogP contribution in [-0.2, 0) is 6.54 Å². The lowest BCUT2D eigenvalue weighted by atomic mass is 10.1. The highest BCUT2D eigenvalue weighted by molar-refractivity contribution is 6.03. The lowest BCUT2D eigenvalue weighted by Crippen LogP contribution is -2.14. The van der Waals surface area contributed by atoms with Crippen molar-refractivity contribution < 1.29 is 13.9 Å². The predicted octanol–water partition coefficient (Wildman–Crippen LogP) is 4.17. The van der Waals surface area contributed by atoms with Gasteiger partial charge in [0.1, 0.15) is 17.2 Å². The number of nitrogens with one attached hydrogen (secondary N) is 1. The number of benzene rings is 2. The van der Waals surface area contributed by atoms with E-state index in [0.717, 1.165) is 11.3 Å². The lowest BCUT2D eigenvalue weighted by molar-refractivity contribution is 0.102. The molecule has 2 aromatic heterocycles. The molecule has 158 valence electrons. The van der Waals surface area contributed by atoms with E-state index in [9.17, 15) is 4.79 Å². The third-order valence-electron chi connectivity index (χ3n) is 5.04. The molecule has 8 nitrogen and oxygen atoms in total. The topological polar surface area (TPSA) is 95.1 Å². The summed E-state index contributed by atoms with van der Waals surface area (Å²) in [4.78, 5) is 17.3. The third-order valence-corrected chi connectivity index (χ3v) is 5.04. The highest BCUT2D eigenvalue weighted by Gasteiger charge is 2.19. The molecule has 0 aliphatic carbocycles. The molecule has 8 heteroatoms. The van der Waals surface area contributed by atoms with Crippen molar-refractivity contribution in [2.75, 3.05) is 12.4 Å². The van der Waals surface area contributed by atoms with Crippen LogP contribution in [0.15, 0.2) is 52.9 Å². The summed E-state index contributed by atoms with van der Waals surface area (Å²) in [5, 5.41) is 11.0. The van der Waals surface area contributed by atoms with Gasteiger partial charge in [-0.1, -0.05) is 22.9 Å². The van der Waals surface area contributed by atoms with Crippen molar-refractivity contribution in [3.8, 4) is 17.2 Å². The zero-order valence-corrected chi connectivity index (χ0v) is 17.8. The Morgan fingerprint density at radius 2 is 1.77 bits per heavy atom. The van der Waals surface area contributed by atoms with Crippen LogP contribution in [0.5, 0.6) is 5.75 Å². The Bertz CT molecular complexity index is 1210. The average Bonchev–Trinajstić information content (AvgIpc) is 3.32. The van der Waals surface area contributed by atoms with E-state index in [0.29, 0.717) is 35.3 Å². The maximum Gasteiger partial charge on any atom is 0.278 e. The summed E-state index contributed by atoms with van der Waals surface area (Å²) in [6.45, 7) is 6.06. The molecule has 0 saturated heterocycles. The van der Waals surface area contributed by atoms with Gasteiger partial charge in [0.2, 0.25) is 5.89 Å². The van der Waals surface area contributed by atoms with E-state index in [4.69, 9.17) is 9.15 Å². The van der Waals surface area contributed by atoms with Gasteiger partial charge in [0.05, 0.1) is 19.3 Å². The fraction of sp³-hybridized carbons (Fsp3) is 0.217. The molecule has 0 atom stereocenters. The average molecular weight is 417 g/mol. The minimum absolute atomic E-state index is 0.260. The van der Waals surface area contributed by atoms with Crippen LogP contribution in [0.4, 0.5) is 5.69 Å². The second-order valence-corrected chi connectivity index (χ2v) is 7.25. The Morgan fingerprint density at radius 3 is 2.45 bits per heavy atom. The molecule has 4 aromatic rings. The summed E-state index contributed by atoms with van der Waals surface area (Å²) in [5.74, 6) is 1.65. The number of ether oxygens (including phenoxy) is 1. The van der Waals surface area contributed by atoms with Gasteiger partial charge in [0, 0.05) is 11.3 Å². The van der Waals surface area contributed by atoms with Gasteiger partial charge in [-0.15, -0.1) is 5.10 Å². The van der Waals surface area contributed by atoms with Crippen LogP contribution < -0.4 is 10.1 Å². The predicted molar refractivity (Wildman–Crippen MR) is 116 cm³/mol. The number of rotatable bonds is 6. The first-order chi connectivity index (χ1) is 14.9. The minimum Gasteiger partial charge on any atom is -0.497 e. The van der Waals surface area contributed by atoms with Crippen molar-refractivity contribution in [3.05, 3.63) is 76.9 Å². The van der Waals surface area contributed by atoms with Crippen LogP contribution in [0.3, 0.4) is 0 Å². The Kier molecular flexibility index (Phi) is 5.53. The van der Waals surface area contributed by atoms with E-state index in [-0.39, 0.29) is 11.6 Å². The van der Waals surface area contributed by atoms with Gasteiger partial charge in [0.25, 0.3) is 5.91 Å². The number of methoxy groups -OCH3 is 1. The molecule has 2 heterocycles. The summed E-state index contributed by atoms with van der Waals surface area (Å²) in [6, 6.07) is 15.1. The molecule has 1 amide bonds. The second kappa shape index (κ2) is 8.43. The summed E-state index contributed by atoms with van der Waals surface area (Å²) in [7, 11) is 1.59. The molecule has 31 heavy (non-hydrogen) atoms. The van der Waals surface area contributed by atoms with E-state index in [1.165, 1.54) is 5.56 Å². The minimum atomic E-state index is -0.328. The maximum absolute atomic E-state index is 12.6. The number of carbonyl (C=O) groups excluding carboxylic acids is 1. The highest BCUT2D eigenvalue weighted by Crippen LogP contribution is 2.23. The standard InChI is InChI=1S/C23H23N5O3/c1-14-5-7-17(8-6-14)23-25-20(16(3)31-23)13-28-15(2)21(26-27-28)22(29)24-18-9-11-19(30-4)12-10-18/h5-12H,13H2,1-4H3,(H,24,29). The number of hydrogen-bond donors (Lipinski definition) is 1. The van der Waals surface area contributed by atoms with E-state index in [1.54, 1.807) is 43.0 Å². The van der Waals surface area contributed by atoms with E-state index < -0.39 is 0 Å². The Morgan fingerprint density at radius 1 is 1.06 bits per heavy atom. The van der Waals surface area contributed by atoms with Crippen molar-refractivity contribution in [1.29, 1.82) is 0 Å². The van der Waals surface area contributed by atoms with Crippen molar-refractivity contribution >= 4 is 11.6 Å². The number of carbonyl (C=O) groups is 1. The smallest absolute Gasteiger partial charge is 0.278 e. The van der Waals surface area contributed by atoms with Crippen molar-refractivity contribution in [2.45, 2.75) is 27.3 Å². The molecule has 0 fully saturated rings. The number of hydrogen-bond acceptors (Lipinski definition) is 6. The molecule has 4 rings (SSSR count). The van der Waals surface area contributed by atoms with Crippen LogP contribution in [0, 0.1) is 20.8 Å². The van der Waals surface area contributed by atoms with E-state index in [1.807, 2.05) is 38.1 Å². The largest absolute Gasteiger partial charge is 0.497 e. The fourth-order valence-corrected chi connectivity index (χ4v) is 3.12. The summed E-state index contributed by atoms with van der Waals surface area (Å²) in [6.07, 6.45) is 0. The zero-order valence-electron chi connectivity index (χ0n) is 17.8. The molecule has 1 N–H and O–H groups in total. The summed E-state index contributed by atoms with van der Waals surface area (Å²) in [5.41, 5.74) is 4.38. The van der Waals surface area contributed by atoms with Crippen LogP contribution in [0.25, 0.3) is 11.5 Å². The molecule has 0 bridgehead atoms. The Labute approximate surface area is 179 Å². The first-order valence-corrected chi connectivity index (χ1v) is 9.83. The number of anilines is 1. The summed E-state index contributed by atoms with van der Waals surface area (Å²) >= 11 is 0. The quantitative estimate of drug-likeness (QED) is 0.506. The number of amides is 1. The molecule has 2 aromatic carbocycles. The van der Waals surface area contributed by atoms with Crippen molar-refractivity contribution in [2.24, 2.45) is 0 Å². The number of aromatic nitrogens is 4. The van der Waals surface area contributed by atoms with Crippen LogP contribution in [0.1, 0.15) is 33.2 Å². The first-order valence-electron chi connectivity index (χ1n) is 9.83. The Hall–Kier alpha value is -3.94. The van der Waals surface area contributed by atoms with Crippen LogP contribution >= 0.6 is 0 Å². The first kappa shape index (κ1) is 20.3. The van der Waals surface area contributed by atoms with Crippen LogP contribution in [-0.4, -0.2) is 33.0 Å². The number of oxazole rings is 1. The molecule has 0 unspecified atom stereocenters. The molecule has 0 aliphatic heterocycles. The van der Waals surface area contributed by atoms with E-state index >= 15 is 0 Å². The molecular weight excluding hydrogens is 394 g/mol. The highest BCUT2D eigenvalue weighted by atomic mass is 16.5. The number of aryl methyl sites for hydroxylation is 2. The SMILES string of the molecule is COc1ccc(NC(=O)c2nnn(Cc3nc(-c4ccc(C)cc4)oc3C)c2C)cc1. The maximum atomic E-state index is 12.6. The van der Waals surface area contributed by atoms with Gasteiger partial charge in [0.15, 0.2) is 5.69 Å².